The Morgan fingerprint density at radius 2 is 1.96 bits per heavy atom. The fourth-order valence-corrected chi connectivity index (χ4v) is 3.79. The molecule has 26 heavy (non-hydrogen) atoms. The van der Waals surface area contributed by atoms with Gasteiger partial charge in [0.25, 0.3) is 5.91 Å². The third-order valence-electron chi connectivity index (χ3n) is 4.11. The third-order valence-corrected chi connectivity index (χ3v) is 5.49. The van der Waals surface area contributed by atoms with Gasteiger partial charge < -0.3 is 10.1 Å². The van der Waals surface area contributed by atoms with E-state index in [1.54, 1.807) is 12.1 Å². The number of anilines is 2. The molecule has 8 heteroatoms. The van der Waals surface area contributed by atoms with Crippen LogP contribution in [0.1, 0.15) is 12.5 Å². The lowest BCUT2D eigenvalue weighted by atomic mass is 10.1. The number of nitrogens with zero attached hydrogens (tertiary/aromatic N) is 1. The highest BCUT2D eigenvalue weighted by molar-refractivity contribution is 7.92. The van der Waals surface area contributed by atoms with E-state index >= 15 is 0 Å². The van der Waals surface area contributed by atoms with Gasteiger partial charge in [0.05, 0.1) is 18.5 Å². The lowest BCUT2D eigenvalue weighted by molar-refractivity contribution is -0.122. The second-order valence-corrected chi connectivity index (χ2v) is 8.40. The molecule has 0 aliphatic carbocycles. The second kappa shape index (κ2) is 7.17. The van der Waals surface area contributed by atoms with Gasteiger partial charge >= 0.3 is 0 Å². The van der Waals surface area contributed by atoms with Crippen LogP contribution in [0.15, 0.2) is 42.5 Å². The van der Waals surface area contributed by atoms with Gasteiger partial charge in [0, 0.05) is 10.7 Å². The number of ether oxygens (including phenoxy) is 1. The summed E-state index contributed by atoms with van der Waals surface area (Å²) in [7, 11) is -3.59. The number of carbonyl (C=O) groups excluding carboxylic acids is 1. The van der Waals surface area contributed by atoms with Gasteiger partial charge in [-0.25, -0.2) is 8.42 Å². The van der Waals surface area contributed by atoms with E-state index in [0.29, 0.717) is 22.1 Å². The molecule has 6 nitrogen and oxygen atoms in total. The summed E-state index contributed by atoms with van der Waals surface area (Å²) in [5.74, 6) is -0.115. The number of nitrogens with one attached hydrogen (secondary N) is 1. The predicted octanol–water partition coefficient (Wildman–Crippen LogP) is 3.07. The zero-order chi connectivity index (χ0) is 18.9. The molecule has 0 saturated carbocycles. The number of sulfonamides is 1. The summed E-state index contributed by atoms with van der Waals surface area (Å²) in [6.07, 6.45) is 1.02. The van der Waals surface area contributed by atoms with Crippen LogP contribution in [-0.4, -0.2) is 33.2 Å². The first-order valence-electron chi connectivity index (χ1n) is 8.11. The lowest BCUT2D eigenvalue weighted by Gasteiger charge is -2.34. The molecule has 2 aromatic carbocycles. The summed E-state index contributed by atoms with van der Waals surface area (Å²) in [6, 6.07) is 12.1. The van der Waals surface area contributed by atoms with Gasteiger partial charge in [-0.2, -0.15) is 0 Å². The average Bonchev–Trinajstić information content (AvgIpc) is 2.60. The van der Waals surface area contributed by atoms with Crippen molar-refractivity contribution >= 4 is 38.9 Å². The van der Waals surface area contributed by atoms with Gasteiger partial charge in [-0.05, 0) is 42.3 Å². The number of hydrogen-bond donors (Lipinski definition) is 1. The van der Waals surface area contributed by atoms with E-state index in [1.165, 1.54) is 6.07 Å². The number of carbonyl (C=O) groups is 1. The maximum Gasteiger partial charge on any atom is 0.267 e. The third kappa shape index (κ3) is 3.94. The van der Waals surface area contributed by atoms with Crippen LogP contribution in [0.5, 0.6) is 5.75 Å². The number of amides is 1. The van der Waals surface area contributed by atoms with E-state index < -0.39 is 22.0 Å². The van der Waals surface area contributed by atoms with Crippen LogP contribution in [0, 0.1) is 0 Å². The van der Waals surface area contributed by atoms with Gasteiger partial charge in [0.2, 0.25) is 10.0 Å². The van der Waals surface area contributed by atoms with Crippen molar-refractivity contribution in [3.63, 3.8) is 0 Å². The van der Waals surface area contributed by atoms with Crippen molar-refractivity contribution < 1.29 is 17.9 Å². The Labute approximate surface area is 157 Å². The minimum absolute atomic E-state index is 0.120. The summed E-state index contributed by atoms with van der Waals surface area (Å²) in [6.45, 7) is 1.93. The van der Waals surface area contributed by atoms with Gasteiger partial charge in [-0.15, -0.1) is 0 Å². The summed E-state index contributed by atoms with van der Waals surface area (Å²) in [5.41, 5.74) is 2.12. The Bertz CT molecular complexity index is 929. The van der Waals surface area contributed by atoms with Crippen LogP contribution in [0.2, 0.25) is 5.02 Å². The fourth-order valence-electron chi connectivity index (χ4n) is 2.72. The molecule has 1 heterocycles. The predicted molar refractivity (Wildman–Crippen MR) is 103 cm³/mol. The molecule has 1 amide bonds. The van der Waals surface area contributed by atoms with Crippen LogP contribution < -0.4 is 14.4 Å². The van der Waals surface area contributed by atoms with Gasteiger partial charge in [-0.3, -0.25) is 9.10 Å². The van der Waals surface area contributed by atoms with E-state index in [9.17, 15) is 13.2 Å². The molecule has 0 unspecified atom stereocenters. The Balaban J connectivity index is 1.84. The number of hydrogen-bond acceptors (Lipinski definition) is 4. The van der Waals surface area contributed by atoms with Crippen molar-refractivity contribution in [2.75, 3.05) is 22.4 Å². The van der Waals surface area contributed by atoms with Crippen LogP contribution in [-0.2, 0) is 21.2 Å². The molecule has 0 fully saturated rings. The van der Waals surface area contributed by atoms with Crippen molar-refractivity contribution in [3.05, 3.63) is 53.1 Å². The number of benzene rings is 2. The maximum absolute atomic E-state index is 12.6. The van der Waals surface area contributed by atoms with E-state index in [-0.39, 0.29) is 6.54 Å². The normalized spacial score (nSPS) is 16.6. The van der Waals surface area contributed by atoms with Crippen molar-refractivity contribution in [2.24, 2.45) is 0 Å². The van der Waals surface area contributed by atoms with Crippen molar-refractivity contribution in [3.8, 4) is 5.75 Å². The Morgan fingerprint density at radius 3 is 2.58 bits per heavy atom. The smallest absolute Gasteiger partial charge is 0.267 e. The highest BCUT2D eigenvalue weighted by Crippen LogP contribution is 2.37. The highest BCUT2D eigenvalue weighted by Gasteiger charge is 2.35. The molecule has 1 aliphatic rings. The molecule has 0 bridgehead atoms. The minimum atomic E-state index is -3.59. The van der Waals surface area contributed by atoms with Crippen molar-refractivity contribution in [1.82, 2.24) is 0 Å². The first kappa shape index (κ1) is 18.5. The van der Waals surface area contributed by atoms with Crippen molar-refractivity contribution in [1.29, 1.82) is 0 Å². The first-order chi connectivity index (χ1) is 12.3. The topological polar surface area (TPSA) is 75.7 Å². The molecule has 1 N–H and O–H groups in total. The molecular weight excluding hydrogens is 376 g/mol. The Morgan fingerprint density at radius 1 is 1.27 bits per heavy atom. The molecule has 1 atom stereocenters. The van der Waals surface area contributed by atoms with Gasteiger partial charge in [0.15, 0.2) is 6.10 Å². The number of aryl methyl sites for hydroxylation is 1. The van der Waals surface area contributed by atoms with Crippen LogP contribution >= 0.6 is 11.6 Å². The Kier molecular flexibility index (Phi) is 5.11. The molecule has 2 aromatic rings. The lowest BCUT2D eigenvalue weighted by Crippen LogP contribution is -2.48. The zero-order valence-electron chi connectivity index (χ0n) is 14.4. The van der Waals surface area contributed by atoms with Crippen LogP contribution in [0.3, 0.4) is 0 Å². The number of fused-ring (bicyclic) bond motifs is 1. The van der Waals surface area contributed by atoms with E-state index in [1.807, 2.05) is 31.2 Å². The SMILES string of the molecule is CCc1ccc(NC(=O)[C@@H]2CN(S(C)(=O)=O)c3cc(Cl)ccc3O2)cc1. The monoisotopic (exact) mass is 394 g/mol. The summed E-state index contributed by atoms with van der Waals surface area (Å²) in [5, 5.41) is 3.15. The zero-order valence-corrected chi connectivity index (χ0v) is 16.0. The molecule has 0 saturated heterocycles. The first-order valence-corrected chi connectivity index (χ1v) is 10.3. The maximum atomic E-state index is 12.6. The molecule has 3 rings (SSSR count). The molecular formula is C18H19ClN2O4S. The quantitative estimate of drug-likeness (QED) is 0.864. The fraction of sp³-hybridized carbons (Fsp3) is 0.278. The summed E-state index contributed by atoms with van der Waals surface area (Å²) >= 11 is 5.97. The highest BCUT2D eigenvalue weighted by atomic mass is 35.5. The van der Waals surface area contributed by atoms with Gasteiger partial charge in [-0.1, -0.05) is 30.7 Å². The van der Waals surface area contributed by atoms with Gasteiger partial charge in [0.1, 0.15) is 5.75 Å². The van der Waals surface area contributed by atoms with Crippen LogP contribution in [0.25, 0.3) is 0 Å². The largest absolute Gasteiger partial charge is 0.476 e. The number of rotatable bonds is 4. The standard InChI is InChI=1S/C18H19ClN2O4S/c1-3-12-4-7-14(8-5-12)20-18(22)17-11-21(26(2,23)24)15-10-13(19)6-9-16(15)25-17/h4-10,17H,3,11H2,1-2H3,(H,20,22)/t17-/m0/s1. The summed E-state index contributed by atoms with van der Waals surface area (Å²) < 4.78 is 31.2. The second-order valence-electron chi connectivity index (χ2n) is 6.05. The number of halogens is 1. The van der Waals surface area contributed by atoms with Crippen molar-refractivity contribution in [2.45, 2.75) is 19.4 Å². The molecule has 0 radical (unpaired) electrons. The van der Waals surface area contributed by atoms with E-state index in [0.717, 1.165) is 22.5 Å². The van der Waals surface area contributed by atoms with E-state index in [2.05, 4.69) is 5.32 Å². The summed E-state index contributed by atoms with van der Waals surface area (Å²) in [4.78, 5) is 12.6. The molecule has 1 aliphatic heterocycles. The minimum Gasteiger partial charge on any atom is -0.476 e. The Hall–Kier alpha value is -2.25. The average molecular weight is 395 g/mol. The molecule has 0 spiro atoms. The molecule has 138 valence electrons. The molecule has 0 aromatic heterocycles. The van der Waals surface area contributed by atoms with Crippen LogP contribution in [0.4, 0.5) is 11.4 Å². The van der Waals surface area contributed by atoms with E-state index in [4.69, 9.17) is 16.3 Å².